The predicted octanol–water partition coefficient (Wildman–Crippen LogP) is 4.06. The number of hydrogen-bond acceptors (Lipinski definition) is 4. The number of anilines is 1. The molecular formula is C17H19F3N2O2. The molecule has 0 aliphatic carbocycles. The van der Waals surface area contributed by atoms with Crippen molar-refractivity contribution >= 4 is 5.82 Å². The maximum absolute atomic E-state index is 12.8. The van der Waals surface area contributed by atoms with E-state index < -0.39 is 11.7 Å². The van der Waals surface area contributed by atoms with Crippen molar-refractivity contribution in [1.29, 1.82) is 0 Å². The molecule has 1 aromatic carbocycles. The third-order valence-corrected chi connectivity index (χ3v) is 3.71. The summed E-state index contributed by atoms with van der Waals surface area (Å²) in [5, 5.41) is 0. The number of hydrogen-bond donors (Lipinski definition) is 0. The summed E-state index contributed by atoms with van der Waals surface area (Å²) in [6, 6.07) is 5.65. The lowest BCUT2D eigenvalue weighted by atomic mass is 10.1. The van der Waals surface area contributed by atoms with Crippen molar-refractivity contribution in [2.24, 2.45) is 0 Å². The van der Waals surface area contributed by atoms with Crippen LogP contribution in [0.5, 0.6) is 11.5 Å². The fourth-order valence-corrected chi connectivity index (χ4v) is 2.33. The van der Waals surface area contributed by atoms with Gasteiger partial charge in [0.1, 0.15) is 5.82 Å². The van der Waals surface area contributed by atoms with Crippen molar-refractivity contribution < 1.29 is 22.6 Å². The highest BCUT2D eigenvalue weighted by atomic mass is 19.4. The van der Waals surface area contributed by atoms with Crippen LogP contribution in [-0.4, -0.2) is 26.3 Å². The fourth-order valence-electron chi connectivity index (χ4n) is 2.33. The second-order valence-electron chi connectivity index (χ2n) is 5.39. The second-order valence-corrected chi connectivity index (χ2v) is 5.39. The van der Waals surface area contributed by atoms with Crippen LogP contribution in [0.1, 0.15) is 16.7 Å². The van der Waals surface area contributed by atoms with Gasteiger partial charge in [-0.3, -0.25) is 0 Å². The molecule has 0 N–H and O–H groups in total. The van der Waals surface area contributed by atoms with Crippen LogP contribution in [-0.2, 0) is 12.7 Å². The first-order chi connectivity index (χ1) is 11.3. The van der Waals surface area contributed by atoms with Crippen molar-refractivity contribution in [3.8, 4) is 11.5 Å². The molecule has 0 unspecified atom stereocenters. The summed E-state index contributed by atoms with van der Waals surface area (Å²) < 4.78 is 49.0. The number of alkyl halides is 3. The van der Waals surface area contributed by atoms with Crippen LogP contribution in [0, 0.1) is 6.92 Å². The van der Waals surface area contributed by atoms with E-state index in [1.807, 2.05) is 19.1 Å². The Hall–Kier alpha value is -2.44. The molecular weight excluding hydrogens is 321 g/mol. The number of methoxy groups -OCH3 is 2. The van der Waals surface area contributed by atoms with E-state index in [9.17, 15) is 13.2 Å². The van der Waals surface area contributed by atoms with E-state index in [0.29, 0.717) is 18.0 Å². The number of halogens is 3. The van der Waals surface area contributed by atoms with E-state index in [1.165, 1.54) is 7.11 Å². The molecule has 0 aliphatic rings. The molecule has 24 heavy (non-hydrogen) atoms. The minimum absolute atomic E-state index is 0.249. The molecule has 4 nitrogen and oxygen atoms in total. The molecule has 0 saturated heterocycles. The molecule has 7 heteroatoms. The molecule has 0 aliphatic heterocycles. The molecule has 2 rings (SSSR count). The lowest BCUT2D eigenvalue weighted by molar-refractivity contribution is -0.137. The first-order valence-electron chi connectivity index (χ1n) is 7.22. The molecule has 1 heterocycles. The van der Waals surface area contributed by atoms with E-state index in [-0.39, 0.29) is 5.82 Å². The van der Waals surface area contributed by atoms with Gasteiger partial charge in [-0.1, -0.05) is 0 Å². The molecule has 0 radical (unpaired) electrons. The smallest absolute Gasteiger partial charge is 0.416 e. The van der Waals surface area contributed by atoms with E-state index in [0.717, 1.165) is 29.5 Å². The predicted molar refractivity (Wildman–Crippen MR) is 85.6 cm³/mol. The Morgan fingerprint density at radius 1 is 1.08 bits per heavy atom. The summed E-state index contributed by atoms with van der Waals surface area (Å²) in [5.41, 5.74) is 1.14. The average molecular weight is 340 g/mol. The Bertz CT molecular complexity index is 717. The molecule has 0 spiro atoms. The van der Waals surface area contributed by atoms with Crippen LogP contribution in [0.3, 0.4) is 0 Å². The molecule has 0 amide bonds. The number of aryl methyl sites for hydroxylation is 1. The monoisotopic (exact) mass is 340 g/mol. The Labute approximate surface area is 138 Å². The number of pyridine rings is 1. The van der Waals surface area contributed by atoms with E-state index in [4.69, 9.17) is 9.47 Å². The van der Waals surface area contributed by atoms with Crippen LogP contribution in [0.25, 0.3) is 0 Å². The molecule has 1 aromatic heterocycles. The highest BCUT2D eigenvalue weighted by molar-refractivity contribution is 5.49. The van der Waals surface area contributed by atoms with Crippen molar-refractivity contribution in [1.82, 2.24) is 4.98 Å². The van der Waals surface area contributed by atoms with E-state index in [2.05, 4.69) is 4.98 Å². The Kier molecular flexibility index (Phi) is 5.21. The van der Waals surface area contributed by atoms with Gasteiger partial charge in [0, 0.05) is 19.8 Å². The summed E-state index contributed by atoms with van der Waals surface area (Å²) in [5.74, 6) is 1.43. The summed E-state index contributed by atoms with van der Waals surface area (Å²) in [6.07, 6.45) is -3.23. The molecule has 2 aromatic rings. The number of rotatable bonds is 5. The van der Waals surface area contributed by atoms with Gasteiger partial charge in [0.15, 0.2) is 11.5 Å². The summed E-state index contributed by atoms with van der Waals surface area (Å²) in [4.78, 5) is 5.68. The number of benzene rings is 1. The zero-order chi connectivity index (χ0) is 17.9. The van der Waals surface area contributed by atoms with E-state index >= 15 is 0 Å². The lowest BCUT2D eigenvalue weighted by Crippen LogP contribution is -2.19. The van der Waals surface area contributed by atoms with Gasteiger partial charge in [-0.15, -0.1) is 0 Å². The zero-order valence-corrected chi connectivity index (χ0v) is 13.9. The van der Waals surface area contributed by atoms with Gasteiger partial charge in [0.05, 0.1) is 19.8 Å². The third-order valence-electron chi connectivity index (χ3n) is 3.71. The summed E-state index contributed by atoms with van der Waals surface area (Å²) in [6.45, 7) is 2.30. The third kappa shape index (κ3) is 3.90. The molecule has 0 saturated carbocycles. The SMILES string of the molecule is COc1cc(C)c(CN(C)c2cc(C(F)(F)F)ccn2)cc1OC. The van der Waals surface area contributed by atoms with Crippen molar-refractivity contribution in [3.05, 3.63) is 47.2 Å². The van der Waals surface area contributed by atoms with Crippen molar-refractivity contribution in [3.63, 3.8) is 0 Å². The minimum atomic E-state index is -4.39. The van der Waals surface area contributed by atoms with Crippen molar-refractivity contribution in [2.75, 3.05) is 26.2 Å². The maximum atomic E-state index is 12.8. The van der Waals surface area contributed by atoms with Crippen LogP contribution in [0.15, 0.2) is 30.5 Å². The highest BCUT2D eigenvalue weighted by Gasteiger charge is 2.31. The molecule has 0 bridgehead atoms. The quantitative estimate of drug-likeness (QED) is 0.822. The number of ether oxygens (including phenoxy) is 2. The maximum Gasteiger partial charge on any atom is 0.416 e. The van der Waals surface area contributed by atoms with Gasteiger partial charge in [-0.2, -0.15) is 13.2 Å². The standard InChI is InChI=1S/C17H19F3N2O2/c1-11-7-14(23-3)15(24-4)8-12(11)10-22(2)16-9-13(5-6-21-16)17(18,19)20/h5-9H,10H2,1-4H3. The number of aromatic nitrogens is 1. The molecule has 0 fully saturated rings. The van der Waals surface area contributed by atoms with Crippen LogP contribution < -0.4 is 14.4 Å². The van der Waals surface area contributed by atoms with Gasteiger partial charge >= 0.3 is 6.18 Å². The first kappa shape index (κ1) is 17.9. The normalized spacial score (nSPS) is 11.3. The Morgan fingerprint density at radius 3 is 2.29 bits per heavy atom. The van der Waals surface area contributed by atoms with Crippen LogP contribution in [0.2, 0.25) is 0 Å². The van der Waals surface area contributed by atoms with Gasteiger partial charge in [-0.05, 0) is 42.3 Å². The number of nitrogens with zero attached hydrogens (tertiary/aromatic N) is 2. The van der Waals surface area contributed by atoms with Gasteiger partial charge in [0.25, 0.3) is 0 Å². The summed E-state index contributed by atoms with van der Waals surface area (Å²) >= 11 is 0. The first-order valence-corrected chi connectivity index (χ1v) is 7.22. The average Bonchev–Trinajstić information content (AvgIpc) is 2.55. The molecule has 130 valence electrons. The Balaban J connectivity index is 2.28. The van der Waals surface area contributed by atoms with Crippen molar-refractivity contribution in [2.45, 2.75) is 19.6 Å². The largest absolute Gasteiger partial charge is 0.493 e. The highest BCUT2D eigenvalue weighted by Crippen LogP contribution is 2.33. The summed E-state index contributed by atoms with van der Waals surface area (Å²) in [7, 11) is 4.78. The lowest BCUT2D eigenvalue weighted by Gasteiger charge is -2.21. The van der Waals surface area contributed by atoms with Gasteiger partial charge < -0.3 is 14.4 Å². The van der Waals surface area contributed by atoms with Crippen LogP contribution >= 0.6 is 0 Å². The topological polar surface area (TPSA) is 34.6 Å². The Morgan fingerprint density at radius 2 is 1.71 bits per heavy atom. The molecule has 0 atom stereocenters. The second kappa shape index (κ2) is 6.98. The zero-order valence-electron chi connectivity index (χ0n) is 13.9. The van der Waals surface area contributed by atoms with Crippen LogP contribution in [0.4, 0.5) is 19.0 Å². The minimum Gasteiger partial charge on any atom is -0.493 e. The van der Waals surface area contributed by atoms with E-state index in [1.54, 1.807) is 19.1 Å². The van der Waals surface area contributed by atoms with Gasteiger partial charge in [0.2, 0.25) is 0 Å². The fraction of sp³-hybridized carbons (Fsp3) is 0.353. The van der Waals surface area contributed by atoms with Gasteiger partial charge in [-0.25, -0.2) is 4.98 Å².